The van der Waals surface area contributed by atoms with E-state index in [1.165, 1.54) is 95.4 Å². The number of nitrogens with one attached hydrogen (secondary N) is 4. The first kappa shape index (κ1) is 92.8. The van der Waals surface area contributed by atoms with Gasteiger partial charge in [0.1, 0.15) is 24.2 Å². The molecule has 0 unspecified atom stereocenters. The Kier molecular flexibility index (Phi) is 28.4. The highest BCUT2D eigenvalue weighted by molar-refractivity contribution is 9.10. The van der Waals surface area contributed by atoms with Crippen LogP contribution in [0.5, 0.6) is 0 Å². The van der Waals surface area contributed by atoms with E-state index in [-0.39, 0.29) is 43.3 Å². The normalized spacial score (nSPS) is 14.8. The monoisotopic (exact) mass is 1930 g/mol. The standard InChI is InChI=1S/C24H30BNO6S2.C22H20ClNO4S3.C21H18ClNO4S3.C18H18BrNO4S2/c1-14(2)21(22(27)30-7)26-34(28,29)16-9-11-18-17-10-8-15(12-19(17)33-20(18)13-16)25-31-23(3,4)24(5,6)32-25;1-12(2)21(22(25)28-3)24-31(26,27)14-5-7-16-15-6-4-13(17-8-9-20(23)30-17)10-18(15)29-19(16)11-14;1-11(2)20(21(24)25)23-30(26,27)13-4-6-15-14-5-3-12(16-7-8-19(22)29-16)9-17(14)28-18(15)10-13;1-10(2)17(18(21)24-3)20-26(22,23)12-5-7-14-13-6-4-11(19)8-15(13)25-16(14)9-12/h8-14,21,26H,1-7H3;4-12,21,24H,1-3H3;3-11,20,23H,1-2H3,(H,24,25);4-10,17,20H,1-3H3/t2*21-;20-;17-/m0000/s1. The maximum atomic E-state index is 13.0. The second kappa shape index (κ2) is 37.0. The van der Waals surface area contributed by atoms with E-state index in [0.29, 0.717) is 0 Å². The summed E-state index contributed by atoms with van der Waals surface area (Å²) in [6.45, 7) is 22.0. The lowest BCUT2D eigenvalue weighted by atomic mass is 9.79. The highest BCUT2D eigenvalue weighted by atomic mass is 79.9. The highest BCUT2D eigenvalue weighted by Gasteiger charge is 2.52. The molecule has 7 heterocycles. The van der Waals surface area contributed by atoms with Gasteiger partial charge in [-0.15, -0.1) is 68.0 Å². The zero-order valence-electron chi connectivity index (χ0n) is 68.0. The summed E-state index contributed by atoms with van der Waals surface area (Å²) in [6, 6.07) is 48.0. The quantitative estimate of drug-likeness (QED) is 0.0226. The second-order valence-electron chi connectivity index (χ2n) is 30.9. The van der Waals surface area contributed by atoms with Gasteiger partial charge in [-0.05, 0) is 171 Å². The Labute approximate surface area is 744 Å². The summed E-state index contributed by atoms with van der Waals surface area (Å²) in [4.78, 5) is 49.9. The number of methoxy groups -OCH3 is 3. The number of ether oxygens (including phenoxy) is 3. The third kappa shape index (κ3) is 20.4. The topological polar surface area (TPSA) is 319 Å². The second-order valence-corrected chi connectivity index (χ2v) is 46.5. The molecule has 0 aliphatic carbocycles. The van der Waals surface area contributed by atoms with Gasteiger partial charge >= 0.3 is 31.0 Å². The molecule has 22 nitrogen and oxygen atoms in total. The van der Waals surface area contributed by atoms with Gasteiger partial charge in [0.25, 0.3) is 0 Å². The zero-order valence-corrected chi connectivity index (χ0v) is 79.2. The third-order valence-electron chi connectivity index (χ3n) is 20.7. The molecule has 36 heteroatoms. The summed E-state index contributed by atoms with van der Waals surface area (Å²) >= 11 is 24.7. The van der Waals surface area contributed by atoms with E-state index in [9.17, 15) is 58.0 Å². The van der Waals surface area contributed by atoms with E-state index in [0.717, 1.165) is 120 Å². The summed E-state index contributed by atoms with van der Waals surface area (Å²) in [7, 11) is -12.4. The number of halogens is 3. The Morgan fingerprint density at radius 2 is 0.636 bits per heavy atom. The van der Waals surface area contributed by atoms with Crippen LogP contribution < -0.4 is 24.4 Å². The predicted molar refractivity (Wildman–Crippen MR) is 497 cm³/mol. The Morgan fingerprint density at radius 1 is 0.372 bits per heavy atom. The van der Waals surface area contributed by atoms with Gasteiger partial charge in [0.05, 0.1) is 60.8 Å². The number of carbonyl (C=O) groups is 4. The van der Waals surface area contributed by atoms with E-state index in [1.54, 1.807) is 116 Å². The van der Waals surface area contributed by atoms with Crippen LogP contribution in [0.1, 0.15) is 83.1 Å². The first-order valence-corrected chi connectivity index (χ1v) is 50.1. The fourth-order valence-electron chi connectivity index (χ4n) is 13.2. The maximum absolute atomic E-state index is 13.0. The van der Waals surface area contributed by atoms with E-state index in [1.807, 2.05) is 113 Å². The van der Waals surface area contributed by atoms with Gasteiger partial charge in [-0.2, -0.15) is 18.9 Å². The molecular weight excluding hydrogens is 1850 g/mol. The SMILES string of the molecule is CC(C)[C@H](NS(=O)(=O)c1ccc2c(c1)sc1cc(-c3ccc(Cl)s3)ccc12)C(=O)O.COC(=O)[C@@H](NS(=O)(=O)c1ccc2c(c1)sc1cc(-c3ccc(Cl)s3)ccc12)C(C)C.COC(=O)[C@@H](NS(=O)(=O)c1ccc2c(c1)sc1cc(B3OC(C)(C)C(C)(C)O3)ccc12)C(C)C.COC(=O)[C@@H](NS(=O)(=O)c1ccc2c(c1)sc1cc(Br)ccc12)C(C)C. The van der Waals surface area contributed by atoms with Crippen molar-refractivity contribution in [2.75, 3.05) is 21.3 Å². The molecule has 1 fully saturated rings. The molecule has 15 rings (SSSR count). The zero-order chi connectivity index (χ0) is 88.1. The average molecular weight is 1930 g/mol. The Morgan fingerprint density at radius 3 is 0.917 bits per heavy atom. The van der Waals surface area contributed by atoms with Crippen LogP contribution in [0.15, 0.2) is 194 Å². The number of carboxylic acid groups (broad SMARTS) is 1. The fourth-order valence-corrected chi connectivity index (χ4v) is 26.3. The van der Waals surface area contributed by atoms with Gasteiger partial charge in [-0.1, -0.05) is 161 Å². The number of benzene rings is 8. The molecule has 8 aromatic carbocycles. The summed E-state index contributed by atoms with van der Waals surface area (Å²) in [5.74, 6) is -4.14. The summed E-state index contributed by atoms with van der Waals surface area (Å²) in [6.07, 6.45) is 0. The van der Waals surface area contributed by atoms with Gasteiger partial charge in [-0.25, -0.2) is 33.7 Å². The molecule has 0 saturated carbocycles. The van der Waals surface area contributed by atoms with E-state index in [2.05, 4.69) is 53.0 Å². The predicted octanol–water partition coefficient (Wildman–Crippen LogP) is 19.9. The van der Waals surface area contributed by atoms with Crippen molar-refractivity contribution in [3.63, 3.8) is 0 Å². The number of thiophene rings is 6. The van der Waals surface area contributed by atoms with Crippen molar-refractivity contribution < 1.29 is 81.5 Å². The lowest BCUT2D eigenvalue weighted by Gasteiger charge is -2.32. The molecule has 5 N–H and O–H groups in total. The van der Waals surface area contributed by atoms with Gasteiger partial charge < -0.3 is 28.6 Å². The van der Waals surface area contributed by atoms with Gasteiger partial charge in [0.2, 0.25) is 40.1 Å². The number of hydrogen-bond donors (Lipinski definition) is 5. The molecule has 0 bridgehead atoms. The summed E-state index contributed by atoms with van der Waals surface area (Å²) in [5, 5.41) is 17.5. The maximum Gasteiger partial charge on any atom is 0.494 e. The largest absolute Gasteiger partial charge is 0.494 e. The first-order valence-electron chi connectivity index (χ1n) is 37.8. The van der Waals surface area contributed by atoms with Crippen molar-refractivity contribution in [3.8, 4) is 20.9 Å². The van der Waals surface area contributed by atoms with Crippen LogP contribution in [0.25, 0.3) is 102 Å². The van der Waals surface area contributed by atoms with E-state index >= 15 is 0 Å². The van der Waals surface area contributed by atoms with Crippen LogP contribution in [0.4, 0.5) is 0 Å². The first-order chi connectivity index (χ1) is 56.8. The van der Waals surface area contributed by atoms with Crippen LogP contribution in [0, 0.1) is 23.7 Å². The van der Waals surface area contributed by atoms with Crippen molar-refractivity contribution in [1.82, 2.24) is 18.9 Å². The molecular formula is C85H86BBrCl2N4O18S10. The van der Waals surface area contributed by atoms with Crippen molar-refractivity contribution in [2.45, 2.75) is 138 Å². The minimum absolute atomic E-state index is 0.0544. The number of sulfonamides is 4. The van der Waals surface area contributed by atoms with E-state index < -0.39 is 106 Å². The number of rotatable bonds is 23. The molecule has 4 atom stereocenters. The molecule has 6 aromatic heterocycles. The number of carbonyl (C=O) groups excluding carboxylic acids is 3. The highest BCUT2D eigenvalue weighted by Crippen LogP contribution is 2.44. The number of fused-ring (bicyclic) bond motifs is 12. The smallest absolute Gasteiger partial charge is 0.480 e. The molecule has 0 spiro atoms. The van der Waals surface area contributed by atoms with Crippen LogP contribution in [-0.2, 0) is 82.8 Å². The number of hydrogen-bond acceptors (Lipinski definition) is 23. The molecule has 638 valence electrons. The molecule has 14 aromatic rings. The van der Waals surface area contributed by atoms with Crippen LogP contribution in [0.2, 0.25) is 8.67 Å². The van der Waals surface area contributed by atoms with Crippen molar-refractivity contribution in [1.29, 1.82) is 0 Å². The van der Waals surface area contributed by atoms with Crippen molar-refractivity contribution in [2.24, 2.45) is 23.7 Å². The Bertz CT molecular complexity index is 6820. The number of esters is 3. The van der Waals surface area contributed by atoms with Crippen LogP contribution in [0.3, 0.4) is 0 Å². The summed E-state index contributed by atoms with van der Waals surface area (Å²) < 4.78 is 149. The van der Waals surface area contributed by atoms with Gasteiger partial charge in [-0.3, -0.25) is 19.2 Å². The van der Waals surface area contributed by atoms with Gasteiger partial charge in [0.15, 0.2) is 0 Å². The Hall–Kier alpha value is -7.40. The van der Waals surface area contributed by atoms with E-state index in [4.69, 9.17) is 46.7 Å². The van der Waals surface area contributed by atoms with Gasteiger partial charge in [0, 0.05) is 94.9 Å². The molecule has 1 aliphatic heterocycles. The lowest BCUT2D eigenvalue weighted by molar-refractivity contribution is -0.144. The minimum atomic E-state index is -3.96. The van der Waals surface area contributed by atoms with Crippen molar-refractivity contribution in [3.05, 3.63) is 183 Å². The lowest BCUT2D eigenvalue weighted by Crippen LogP contribution is -2.44. The minimum Gasteiger partial charge on any atom is -0.480 e. The fraction of sp³-hybridized carbons (Fsp3) is 0.294. The molecule has 0 amide bonds. The van der Waals surface area contributed by atoms with Crippen LogP contribution in [-0.4, -0.2) is 126 Å². The number of aliphatic carboxylic acids is 1. The van der Waals surface area contributed by atoms with Crippen LogP contribution >= 0.6 is 107 Å². The molecule has 1 aliphatic rings. The third-order valence-corrected chi connectivity index (χ3v) is 33.9. The molecule has 121 heavy (non-hydrogen) atoms. The average Bonchev–Trinajstić information content (AvgIpc) is 1.61. The molecule has 0 radical (unpaired) electrons. The van der Waals surface area contributed by atoms with Crippen molar-refractivity contribution >= 4 is 264 Å². The number of carboxylic acids is 1. The molecule has 1 saturated heterocycles. The Balaban J connectivity index is 0.000000148. The summed E-state index contributed by atoms with van der Waals surface area (Å²) in [5.41, 5.74) is 2.19.